The van der Waals surface area contributed by atoms with Gasteiger partial charge >= 0.3 is 0 Å². The van der Waals surface area contributed by atoms with Crippen LogP contribution in [-0.4, -0.2) is 59.7 Å². The van der Waals surface area contributed by atoms with E-state index in [1.54, 1.807) is 27.1 Å². The lowest BCUT2D eigenvalue weighted by atomic mass is 10.2. The average molecular weight is 503 g/mol. The highest BCUT2D eigenvalue weighted by molar-refractivity contribution is 14.0. The molecular weight excluding hydrogens is 477 g/mol. The third-order valence-electron chi connectivity index (χ3n) is 4.71. The molecule has 7 nitrogen and oxygen atoms in total. The summed E-state index contributed by atoms with van der Waals surface area (Å²) in [6.07, 6.45) is 3.65. The summed E-state index contributed by atoms with van der Waals surface area (Å²) in [6, 6.07) is 10.0. The summed E-state index contributed by atoms with van der Waals surface area (Å²) in [5, 5.41) is 7.55. The lowest BCUT2D eigenvalue weighted by molar-refractivity contribution is 0.353. The molecule has 1 N–H and O–H groups in total. The number of aromatic nitrogens is 2. The van der Waals surface area contributed by atoms with Gasteiger partial charge in [0.1, 0.15) is 0 Å². The Kier molecular flexibility index (Phi) is 6.90. The molecule has 0 amide bonds. The van der Waals surface area contributed by atoms with E-state index in [0.717, 1.165) is 17.2 Å². The van der Waals surface area contributed by atoms with Crippen molar-refractivity contribution < 1.29 is 8.42 Å². The number of halogens is 1. The maximum atomic E-state index is 12.2. The van der Waals surface area contributed by atoms with Crippen molar-refractivity contribution >= 4 is 39.8 Å². The quantitative estimate of drug-likeness (QED) is 0.394. The van der Waals surface area contributed by atoms with Crippen LogP contribution in [0.3, 0.4) is 0 Å². The Morgan fingerprint density at radius 1 is 1.30 bits per heavy atom. The molecule has 148 valence electrons. The minimum absolute atomic E-state index is 0. The number of hydrogen-bond donors (Lipinski definition) is 1. The van der Waals surface area contributed by atoms with Crippen LogP contribution in [0.2, 0.25) is 0 Å². The normalized spacial score (nSPS) is 18.6. The molecular formula is C18H26IN5O2S. The number of aliphatic imine (C=N–C) groups is 1. The van der Waals surface area contributed by atoms with Crippen molar-refractivity contribution in [2.24, 2.45) is 4.99 Å². The number of guanidine groups is 1. The molecule has 1 aromatic heterocycles. The molecule has 0 radical (unpaired) electrons. The number of rotatable bonds is 3. The summed E-state index contributed by atoms with van der Waals surface area (Å²) in [6.45, 7) is 5.07. The van der Waals surface area contributed by atoms with Gasteiger partial charge in [0.15, 0.2) is 15.8 Å². The zero-order valence-corrected chi connectivity index (χ0v) is 18.9. The third kappa shape index (κ3) is 4.81. The van der Waals surface area contributed by atoms with Gasteiger partial charge in [-0.1, -0.05) is 12.1 Å². The van der Waals surface area contributed by atoms with Crippen LogP contribution >= 0.6 is 24.0 Å². The fourth-order valence-corrected chi connectivity index (χ4v) is 4.39. The van der Waals surface area contributed by atoms with E-state index in [4.69, 9.17) is 0 Å². The lowest BCUT2D eigenvalue weighted by Gasteiger charge is -2.39. The zero-order valence-electron chi connectivity index (χ0n) is 15.8. The van der Waals surface area contributed by atoms with E-state index in [-0.39, 0.29) is 29.7 Å². The second-order valence-corrected chi connectivity index (χ2v) is 9.76. The van der Waals surface area contributed by atoms with Gasteiger partial charge in [0, 0.05) is 39.1 Å². The Morgan fingerprint density at radius 2 is 2.00 bits per heavy atom. The number of hydrogen-bond acceptors (Lipinski definition) is 4. The van der Waals surface area contributed by atoms with E-state index in [1.165, 1.54) is 0 Å². The van der Waals surface area contributed by atoms with Gasteiger partial charge in [-0.15, -0.1) is 24.0 Å². The molecule has 1 aliphatic heterocycles. The van der Waals surface area contributed by atoms with Gasteiger partial charge in [-0.3, -0.25) is 4.99 Å². The second kappa shape index (κ2) is 8.59. The highest BCUT2D eigenvalue weighted by Gasteiger charge is 2.40. The van der Waals surface area contributed by atoms with Gasteiger partial charge in [0.2, 0.25) is 0 Å². The third-order valence-corrected chi connectivity index (χ3v) is 7.24. The van der Waals surface area contributed by atoms with Crippen LogP contribution in [0, 0.1) is 0 Å². The second-order valence-electron chi connectivity index (χ2n) is 7.02. The molecule has 1 aliphatic rings. The van der Waals surface area contributed by atoms with E-state index in [9.17, 15) is 8.42 Å². The van der Waals surface area contributed by atoms with Gasteiger partial charge < -0.3 is 10.2 Å². The Morgan fingerprint density at radius 3 is 2.56 bits per heavy atom. The predicted molar refractivity (Wildman–Crippen MR) is 119 cm³/mol. The van der Waals surface area contributed by atoms with Crippen molar-refractivity contribution in [2.45, 2.75) is 25.1 Å². The van der Waals surface area contributed by atoms with E-state index in [0.29, 0.717) is 19.6 Å². The zero-order chi connectivity index (χ0) is 18.8. The Balaban J connectivity index is 0.00000261. The Hall–Kier alpha value is -1.62. The molecule has 3 rings (SSSR count). The first kappa shape index (κ1) is 21.7. The Bertz CT molecular complexity index is 877. The Labute approximate surface area is 177 Å². The average Bonchev–Trinajstić information content (AvgIpc) is 3.13. The molecule has 1 fully saturated rings. The van der Waals surface area contributed by atoms with Crippen LogP contribution in [0.25, 0.3) is 5.69 Å². The van der Waals surface area contributed by atoms with Crippen LogP contribution in [-0.2, 0) is 16.4 Å². The summed E-state index contributed by atoms with van der Waals surface area (Å²) in [5.74, 6) is 0.878. The number of nitrogens with one attached hydrogen (secondary N) is 1. The van der Waals surface area contributed by atoms with Gasteiger partial charge in [-0.2, -0.15) is 5.10 Å². The smallest absolute Gasteiger partial charge is 0.193 e. The van der Waals surface area contributed by atoms with Crippen LogP contribution in [0.4, 0.5) is 0 Å². The molecule has 27 heavy (non-hydrogen) atoms. The van der Waals surface area contributed by atoms with E-state index in [2.05, 4.69) is 15.4 Å². The first-order valence-corrected chi connectivity index (χ1v) is 10.2. The summed E-state index contributed by atoms with van der Waals surface area (Å²) < 4.78 is 25.4. The van der Waals surface area contributed by atoms with Crippen molar-refractivity contribution in [1.29, 1.82) is 0 Å². The summed E-state index contributed by atoms with van der Waals surface area (Å²) in [7, 11) is -1.34. The molecule has 0 spiro atoms. The van der Waals surface area contributed by atoms with E-state index >= 15 is 0 Å². The molecule has 0 saturated carbocycles. The first-order chi connectivity index (χ1) is 12.3. The molecule has 0 bridgehead atoms. The van der Waals surface area contributed by atoms with Gasteiger partial charge in [0.05, 0.1) is 16.2 Å². The summed E-state index contributed by atoms with van der Waals surface area (Å²) in [4.78, 5) is 6.33. The van der Waals surface area contributed by atoms with Gasteiger partial charge in [-0.25, -0.2) is 13.1 Å². The molecule has 0 atom stereocenters. The summed E-state index contributed by atoms with van der Waals surface area (Å²) >= 11 is 0. The molecule has 0 aliphatic carbocycles. The molecule has 9 heteroatoms. The molecule has 2 heterocycles. The van der Waals surface area contributed by atoms with E-state index in [1.807, 2.05) is 46.1 Å². The molecule has 1 aromatic carbocycles. The maximum absolute atomic E-state index is 12.2. The topological polar surface area (TPSA) is 79.6 Å². The van der Waals surface area contributed by atoms with Gasteiger partial charge in [0.25, 0.3) is 0 Å². The monoisotopic (exact) mass is 503 g/mol. The molecule has 0 unspecified atom stereocenters. The predicted octanol–water partition coefficient (Wildman–Crippen LogP) is 2.07. The van der Waals surface area contributed by atoms with Crippen LogP contribution in [0.1, 0.15) is 19.4 Å². The van der Waals surface area contributed by atoms with Crippen molar-refractivity contribution in [1.82, 2.24) is 20.0 Å². The minimum atomic E-state index is -3.06. The van der Waals surface area contributed by atoms with Crippen LogP contribution < -0.4 is 5.32 Å². The maximum Gasteiger partial charge on any atom is 0.193 e. The highest BCUT2D eigenvalue weighted by Crippen LogP contribution is 2.23. The van der Waals surface area contributed by atoms with Crippen LogP contribution in [0.5, 0.6) is 0 Å². The fraction of sp³-hybridized carbons (Fsp3) is 0.444. The van der Waals surface area contributed by atoms with Crippen molar-refractivity contribution in [3.63, 3.8) is 0 Å². The number of nitrogens with zero attached hydrogens (tertiary/aromatic N) is 4. The van der Waals surface area contributed by atoms with Gasteiger partial charge in [-0.05, 0) is 37.6 Å². The van der Waals surface area contributed by atoms with Crippen molar-refractivity contribution in [2.75, 3.05) is 25.9 Å². The van der Waals surface area contributed by atoms with Crippen molar-refractivity contribution in [3.8, 4) is 5.69 Å². The largest absolute Gasteiger partial charge is 0.352 e. The lowest BCUT2D eigenvalue weighted by Crippen LogP contribution is -2.57. The van der Waals surface area contributed by atoms with Crippen LogP contribution in [0.15, 0.2) is 47.7 Å². The number of benzene rings is 1. The molecule has 2 aromatic rings. The van der Waals surface area contributed by atoms with Crippen molar-refractivity contribution in [3.05, 3.63) is 48.3 Å². The first-order valence-electron chi connectivity index (χ1n) is 8.59. The number of sulfone groups is 1. The fourth-order valence-electron chi connectivity index (χ4n) is 3.03. The summed E-state index contributed by atoms with van der Waals surface area (Å²) in [5.41, 5.74) is 2.12. The SMILES string of the molecule is CN=C(NCc1ccc(-n2cccn2)cc1)N1CCS(=O)(=O)C(C)(C)C1.I. The minimum Gasteiger partial charge on any atom is -0.352 e. The molecule has 1 saturated heterocycles. The highest BCUT2D eigenvalue weighted by atomic mass is 127. The van der Waals surface area contributed by atoms with E-state index < -0.39 is 14.6 Å². The standard InChI is InChI=1S/C18H25N5O2S.HI/c1-18(2)14-22(11-12-26(18,24)25)17(19-3)20-13-15-5-7-16(8-6-15)23-10-4-9-21-23;/h4-10H,11-14H2,1-3H3,(H,19,20);1H.